The minimum Gasteiger partial charge on any atom is -0.339 e. The molecule has 1 amide bonds. The predicted octanol–water partition coefficient (Wildman–Crippen LogP) is 3.49. The van der Waals surface area contributed by atoms with Crippen molar-refractivity contribution in [2.75, 3.05) is 24.5 Å². The molecule has 0 N–H and O–H groups in total. The molecule has 0 aliphatic carbocycles. The van der Waals surface area contributed by atoms with E-state index in [4.69, 9.17) is 4.52 Å². The van der Waals surface area contributed by atoms with Gasteiger partial charge >= 0.3 is 0 Å². The van der Waals surface area contributed by atoms with E-state index in [0.717, 1.165) is 42.5 Å². The van der Waals surface area contributed by atoms with E-state index in [0.29, 0.717) is 42.7 Å². The molecular weight excluding hydrogens is 448 g/mol. The summed E-state index contributed by atoms with van der Waals surface area (Å²) in [7, 11) is -3.47. The molecule has 5 rings (SSSR count). The van der Waals surface area contributed by atoms with E-state index in [1.807, 2.05) is 16.8 Å². The molecule has 1 fully saturated rings. The number of carbonyl (C=O) groups is 1. The number of hydrogen-bond acceptors (Lipinski definition) is 7. The van der Waals surface area contributed by atoms with Gasteiger partial charge in [-0.25, -0.2) is 8.42 Å². The minimum atomic E-state index is -3.47. The summed E-state index contributed by atoms with van der Waals surface area (Å²) in [4.78, 5) is 19.4. The fourth-order valence-corrected chi connectivity index (χ4v) is 6.49. The van der Waals surface area contributed by atoms with Crippen molar-refractivity contribution in [3.63, 3.8) is 0 Å². The molecule has 2 aromatic heterocycles. The van der Waals surface area contributed by atoms with Gasteiger partial charge in [0, 0.05) is 49.1 Å². The Bertz CT molecular complexity index is 1210. The van der Waals surface area contributed by atoms with E-state index in [2.05, 4.69) is 10.1 Å². The van der Waals surface area contributed by atoms with Gasteiger partial charge in [-0.1, -0.05) is 5.16 Å². The molecule has 1 saturated heterocycles. The molecule has 2 aliphatic rings. The topological polar surface area (TPSA) is 96.6 Å². The van der Waals surface area contributed by atoms with Gasteiger partial charge in [0.2, 0.25) is 27.6 Å². The molecule has 0 saturated carbocycles. The quantitative estimate of drug-likeness (QED) is 0.545. The van der Waals surface area contributed by atoms with Crippen LogP contribution >= 0.6 is 11.3 Å². The van der Waals surface area contributed by atoms with Gasteiger partial charge in [-0.05, 0) is 60.9 Å². The van der Waals surface area contributed by atoms with Crippen molar-refractivity contribution in [3.05, 3.63) is 46.5 Å². The fourth-order valence-electron chi connectivity index (χ4n) is 4.28. The lowest BCUT2D eigenvalue weighted by atomic mass is 10.0. The van der Waals surface area contributed by atoms with Crippen molar-refractivity contribution in [2.24, 2.45) is 0 Å². The highest BCUT2D eigenvalue weighted by molar-refractivity contribution is 7.89. The lowest BCUT2D eigenvalue weighted by Crippen LogP contribution is -2.36. The highest BCUT2D eigenvalue weighted by Gasteiger charge is 2.29. The first-order valence-corrected chi connectivity index (χ1v) is 13.2. The predicted molar refractivity (Wildman–Crippen MR) is 121 cm³/mol. The van der Waals surface area contributed by atoms with Gasteiger partial charge in [-0.2, -0.15) is 20.6 Å². The Hall–Kier alpha value is -2.56. The van der Waals surface area contributed by atoms with Crippen molar-refractivity contribution in [3.8, 4) is 11.4 Å². The molecule has 8 nitrogen and oxygen atoms in total. The third kappa shape index (κ3) is 4.10. The Kier molecular flexibility index (Phi) is 5.83. The van der Waals surface area contributed by atoms with Gasteiger partial charge in [0.15, 0.2) is 0 Å². The Morgan fingerprint density at radius 2 is 1.97 bits per heavy atom. The summed E-state index contributed by atoms with van der Waals surface area (Å²) >= 11 is 1.56. The molecule has 0 spiro atoms. The summed E-state index contributed by atoms with van der Waals surface area (Å²) in [5.41, 5.74) is 2.61. The molecule has 2 aliphatic heterocycles. The number of rotatable bonds is 6. The van der Waals surface area contributed by atoms with E-state index in [-0.39, 0.29) is 12.3 Å². The number of aryl methyl sites for hydroxylation is 2. The Morgan fingerprint density at radius 1 is 1.12 bits per heavy atom. The molecule has 1 aromatic carbocycles. The molecule has 0 atom stereocenters. The smallest absolute Gasteiger partial charge is 0.243 e. The first-order valence-electron chi connectivity index (χ1n) is 10.8. The zero-order chi connectivity index (χ0) is 22.1. The lowest BCUT2D eigenvalue weighted by Gasteiger charge is -2.30. The second kappa shape index (κ2) is 8.76. The summed E-state index contributed by atoms with van der Waals surface area (Å²) in [5.74, 6) is 0.934. The number of benzene rings is 1. The van der Waals surface area contributed by atoms with Gasteiger partial charge in [-0.3, -0.25) is 4.79 Å². The van der Waals surface area contributed by atoms with Crippen molar-refractivity contribution in [2.45, 2.75) is 43.4 Å². The minimum absolute atomic E-state index is 0.0311. The number of aromatic nitrogens is 2. The van der Waals surface area contributed by atoms with Gasteiger partial charge in [0.1, 0.15) is 0 Å². The SMILES string of the molecule is O=C(CCc1nc(-c2ccsc2)no1)N1CCCc2cc(S(=O)(=O)N3CCCC3)ccc21. The molecule has 0 unspecified atom stereocenters. The normalized spacial score (nSPS) is 16.9. The molecule has 32 heavy (non-hydrogen) atoms. The van der Waals surface area contributed by atoms with Gasteiger partial charge in [0.05, 0.1) is 4.90 Å². The summed E-state index contributed by atoms with van der Waals surface area (Å²) in [6.07, 6.45) is 3.98. The first-order chi connectivity index (χ1) is 15.5. The summed E-state index contributed by atoms with van der Waals surface area (Å²) in [5, 5.41) is 7.88. The highest BCUT2D eigenvalue weighted by Crippen LogP contribution is 2.32. The van der Waals surface area contributed by atoms with Crippen molar-refractivity contribution in [1.82, 2.24) is 14.4 Å². The van der Waals surface area contributed by atoms with E-state index in [9.17, 15) is 13.2 Å². The average molecular weight is 473 g/mol. The van der Waals surface area contributed by atoms with Gasteiger partial charge in [-0.15, -0.1) is 0 Å². The number of anilines is 1. The number of sulfonamides is 1. The van der Waals surface area contributed by atoms with Crippen LogP contribution in [-0.4, -0.2) is 48.4 Å². The second-order valence-corrected chi connectivity index (χ2v) is 10.8. The number of hydrogen-bond donors (Lipinski definition) is 0. The Morgan fingerprint density at radius 3 is 2.75 bits per heavy atom. The summed E-state index contributed by atoms with van der Waals surface area (Å²) < 4.78 is 32.7. The maximum Gasteiger partial charge on any atom is 0.243 e. The van der Waals surface area contributed by atoms with Gasteiger partial charge < -0.3 is 9.42 Å². The second-order valence-electron chi connectivity index (χ2n) is 8.07. The Balaban J connectivity index is 1.29. The van der Waals surface area contributed by atoms with Crippen LogP contribution in [0.1, 0.15) is 37.1 Å². The van der Waals surface area contributed by atoms with Crippen molar-refractivity contribution in [1.29, 1.82) is 0 Å². The molecule has 168 valence electrons. The van der Waals surface area contributed by atoms with Crippen LogP contribution in [-0.2, 0) is 27.7 Å². The number of fused-ring (bicyclic) bond motifs is 1. The zero-order valence-corrected chi connectivity index (χ0v) is 19.2. The van der Waals surface area contributed by atoms with Crippen LogP contribution in [0.15, 0.2) is 44.4 Å². The van der Waals surface area contributed by atoms with Crippen LogP contribution in [0.3, 0.4) is 0 Å². The maximum atomic E-state index is 13.0. The van der Waals surface area contributed by atoms with Crippen molar-refractivity contribution >= 4 is 33.0 Å². The number of amides is 1. The van der Waals surface area contributed by atoms with Crippen LogP contribution in [0.4, 0.5) is 5.69 Å². The summed E-state index contributed by atoms with van der Waals surface area (Å²) in [6.45, 7) is 1.77. The molecule has 0 bridgehead atoms. The van der Waals surface area contributed by atoms with Crippen LogP contribution in [0.25, 0.3) is 11.4 Å². The summed E-state index contributed by atoms with van der Waals surface area (Å²) in [6, 6.07) is 7.07. The Labute approximate surface area is 190 Å². The number of carbonyl (C=O) groups excluding carboxylic acids is 1. The fraction of sp³-hybridized carbons (Fsp3) is 0.409. The molecule has 4 heterocycles. The van der Waals surface area contributed by atoms with Crippen LogP contribution in [0.2, 0.25) is 0 Å². The zero-order valence-electron chi connectivity index (χ0n) is 17.6. The van der Waals surface area contributed by atoms with Crippen LogP contribution < -0.4 is 4.90 Å². The molecule has 3 aromatic rings. The van der Waals surface area contributed by atoms with Crippen LogP contribution in [0, 0.1) is 0 Å². The van der Waals surface area contributed by atoms with E-state index < -0.39 is 10.0 Å². The third-order valence-electron chi connectivity index (χ3n) is 5.97. The van der Waals surface area contributed by atoms with E-state index in [1.54, 1.807) is 38.7 Å². The first kappa shape index (κ1) is 21.3. The largest absolute Gasteiger partial charge is 0.339 e. The van der Waals surface area contributed by atoms with Gasteiger partial charge in [0.25, 0.3) is 0 Å². The van der Waals surface area contributed by atoms with Crippen LogP contribution in [0.5, 0.6) is 0 Å². The average Bonchev–Trinajstić information content (AvgIpc) is 3.58. The van der Waals surface area contributed by atoms with E-state index in [1.165, 1.54) is 0 Å². The number of thiophene rings is 1. The standard InChI is InChI=1S/C22H24N4O4S2/c27-21(8-7-20-23-22(24-30-20)17-9-13-31-15-17)26-12-3-4-16-14-18(5-6-19(16)26)32(28,29)25-10-1-2-11-25/h5-6,9,13-15H,1-4,7-8,10-12H2. The van der Waals surface area contributed by atoms with E-state index >= 15 is 0 Å². The lowest BCUT2D eigenvalue weighted by molar-refractivity contribution is -0.118. The highest BCUT2D eigenvalue weighted by atomic mass is 32.2. The molecule has 0 radical (unpaired) electrons. The maximum absolute atomic E-state index is 13.0. The monoisotopic (exact) mass is 472 g/mol. The number of nitrogens with zero attached hydrogens (tertiary/aromatic N) is 4. The molecular formula is C22H24N4O4S2. The molecule has 10 heteroatoms. The third-order valence-corrected chi connectivity index (χ3v) is 8.55. The van der Waals surface area contributed by atoms with Crippen molar-refractivity contribution < 1.29 is 17.7 Å².